The van der Waals surface area contributed by atoms with Crippen molar-refractivity contribution in [2.24, 2.45) is 4.99 Å². The number of Topliss-reactive ketones (excluding diaryl/α,β-unsaturated/α-hetero) is 1. The number of nitrogens with two attached hydrogens (primary N) is 1. The second-order valence-electron chi connectivity index (χ2n) is 3.99. The number of anilines is 1. The number of aliphatic hydroxyl groups is 1. The van der Waals surface area contributed by atoms with Gasteiger partial charge in [-0.15, -0.1) is 11.8 Å². The average molecular weight is 276 g/mol. The first-order chi connectivity index (χ1) is 9.04. The minimum atomic E-state index is -0.494. The van der Waals surface area contributed by atoms with Crippen LogP contribution in [-0.2, 0) is 4.79 Å². The molecule has 0 aromatic heterocycles. The van der Waals surface area contributed by atoms with E-state index in [1.165, 1.54) is 0 Å². The van der Waals surface area contributed by atoms with Crippen LogP contribution in [-0.4, -0.2) is 27.6 Å². The van der Waals surface area contributed by atoms with E-state index in [0.29, 0.717) is 16.3 Å². The molecule has 5 nitrogen and oxygen atoms in total. The Morgan fingerprint density at radius 1 is 1.37 bits per heavy atom. The number of amides is 1. The number of aliphatic hydroxyl groups excluding tert-OH is 1. The molecule has 6 heteroatoms. The van der Waals surface area contributed by atoms with Gasteiger partial charge in [-0.25, -0.2) is 4.99 Å². The molecule has 1 aromatic rings. The largest absolute Gasteiger partial charge is 0.512 e. The maximum absolute atomic E-state index is 11.9. The molecule has 0 fully saturated rings. The van der Waals surface area contributed by atoms with Crippen LogP contribution in [0.15, 0.2) is 41.1 Å². The van der Waals surface area contributed by atoms with Crippen molar-refractivity contribution in [3.05, 3.63) is 41.7 Å². The van der Waals surface area contributed by atoms with Gasteiger partial charge >= 0.3 is 0 Å². The number of thioether (sulfide) groups is 1. The third kappa shape index (κ3) is 3.69. The van der Waals surface area contributed by atoms with Crippen LogP contribution in [0.2, 0.25) is 0 Å². The number of ketones is 1. The van der Waals surface area contributed by atoms with Crippen LogP contribution in [0.4, 0.5) is 5.69 Å². The zero-order chi connectivity index (χ0) is 13.8. The van der Waals surface area contributed by atoms with Gasteiger partial charge in [-0.3, -0.25) is 9.59 Å². The zero-order valence-electron chi connectivity index (χ0n) is 10.00. The van der Waals surface area contributed by atoms with Crippen LogP contribution in [0.25, 0.3) is 0 Å². The van der Waals surface area contributed by atoms with Gasteiger partial charge in [0.2, 0.25) is 0 Å². The summed E-state index contributed by atoms with van der Waals surface area (Å²) < 4.78 is 0. The molecule has 1 amide bonds. The van der Waals surface area contributed by atoms with Crippen molar-refractivity contribution in [1.29, 1.82) is 0 Å². The average Bonchev–Trinajstić information content (AvgIpc) is 2.36. The smallest absolute Gasteiger partial charge is 0.273 e. The molecule has 0 saturated carbocycles. The fourth-order valence-electron chi connectivity index (χ4n) is 1.53. The summed E-state index contributed by atoms with van der Waals surface area (Å²) in [7, 11) is 0. The Morgan fingerprint density at radius 3 is 2.68 bits per heavy atom. The number of hydrogen-bond acceptors (Lipinski definition) is 5. The van der Waals surface area contributed by atoms with E-state index in [-0.39, 0.29) is 23.7 Å². The van der Waals surface area contributed by atoms with E-state index in [2.05, 4.69) is 4.99 Å². The predicted molar refractivity (Wildman–Crippen MR) is 75.4 cm³/mol. The summed E-state index contributed by atoms with van der Waals surface area (Å²) >= 11 is 1.16. The van der Waals surface area contributed by atoms with Crippen molar-refractivity contribution in [2.45, 2.75) is 6.42 Å². The molecule has 1 aliphatic heterocycles. The van der Waals surface area contributed by atoms with Gasteiger partial charge in [0.15, 0.2) is 5.78 Å². The van der Waals surface area contributed by atoms with E-state index in [0.717, 1.165) is 17.8 Å². The SMILES string of the molecule is Nc1ccc(C(=O)CSC2=NC(=O)C=C(O)C2)cc1. The molecule has 3 N–H and O–H groups in total. The Bertz CT molecular complexity index is 576. The number of dihydropyridines is 1. The Labute approximate surface area is 114 Å². The summed E-state index contributed by atoms with van der Waals surface area (Å²) in [6.45, 7) is 0. The predicted octanol–water partition coefficient (Wildman–Crippen LogP) is 1.96. The molecule has 0 atom stereocenters. The lowest BCUT2D eigenvalue weighted by molar-refractivity contribution is -0.113. The number of nitrogen functional groups attached to an aromatic ring is 1. The Balaban J connectivity index is 1.94. The maximum Gasteiger partial charge on any atom is 0.273 e. The number of carbonyl (C=O) groups is 2. The number of carbonyl (C=O) groups excluding carboxylic acids is 2. The fraction of sp³-hybridized carbons (Fsp3) is 0.154. The van der Waals surface area contributed by atoms with Gasteiger partial charge < -0.3 is 10.8 Å². The molecule has 98 valence electrons. The van der Waals surface area contributed by atoms with Gasteiger partial charge in [0, 0.05) is 17.3 Å². The first-order valence-electron chi connectivity index (χ1n) is 5.57. The van der Waals surface area contributed by atoms with Gasteiger partial charge in [-0.2, -0.15) is 0 Å². The van der Waals surface area contributed by atoms with Gasteiger partial charge in [0.05, 0.1) is 17.2 Å². The molecule has 2 rings (SSSR count). The van der Waals surface area contributed by atoms with Crippen LogP contribution >= 0.6 is 11.8 Å². The molecular formula is C13H12N2O3S. The molecule has 19 heavy (non-hydrogen) atoms. The summed E-state index contributed by atoms with van der Waals surface area (Å²) in [6, 6.07) is 6.63. The first kappa shape index (κ1) is 13.4. The van der Waals surface area contributed by atoms with Crippen LogP contribution in [0, 0.1) is 0 Å². The summed E-state index contributed by atoms with van der Waals surface area (Å²) in [4.78, 5) is 26.7. The fourth-order valence-corrected chi connectivity index (χ4v) is 2.40. The van der Waals surface area contributed by atoms with Crippen LogP contribution in [0.3, 0.4) is 0 Å². The lowest BCUT2D eigenvalue weighted by Crippen LogP contribution is -2.10. The molecular weight excluding hydrogens is 264 g/mol. The standard InChI is InChI=1S/C13H12N2O3S/c14-9-3-1-8(2-4-9)11(17)7-19-13-6-10(16)5-12(18)15-13/h1-5,16H,6-7,14H2. The lowest BCUT2D eigenvalue weighted by Gasteiger charge is -2.08. The molecule has 0 bridgehead atoms. The van der Waals surface area contributed by atoms with Gasteiger partial charge in [-0.05, 0) is 24.3 Å². The highest BCUT2D eigenvalue weighted by Crippen LogP contribution is 2.18. The second-order valence-corrected chi connectivity index (χ2v) is 5.04. The highest BCUT2D eigenvalue weighted by Gasteiger charge is 2.15. The minimum Gasteiger partial charge on any atom is -0.512 e. The third-order valence-corrected chi connectivity index (χ3v) is 3.44. The van der Waals surface area contributed by atoms with Crippen LogP contribution < -0.4 is 5.73 Å². The molecule has 0 radical (unpaired) electrons. The minimum absolute atomic E-state index is 0.0255. The number of rotatable bonds is 3. The zero-order valence-corrected chi connectivity index (χ0v) is 10.8. The van der Waals surface area contributed by atoms with Crippen molar-refractivity contribution in [2.75, 3.05) is 11.5 Å². The number of hydrogen-bond donors (Lipinski definition) is 2. The normalized spacial score (nSPS) is 14.8. The quantitative estimate of drug-likeness (QED) is 0.650. The third-order valence-electron chi connectivity index (χ3n) is 2.46. The van der Waals surface area contributed by atoms with Crippen molar-refractivity contribution >= 4 is 34.2 Å². The van der Waals surface area contributed by atoms with Crippen molar-refractivity contribution in [1.82, 2.24) is 0 Å². The number of nitrogens with zero attached hydrogens (tertiary/aromatic N) is 1. The van der Waals surface area contributed by atoms with Crippen molar-refractivity contribution in [3.63, 3.8) is 0 Å². The number of allylic oxidation sites excluding steroid dienone is 1. The monoisotopic (exact) mass is 276 g/mol. The summed E-state index contributed by atoms with van der Waals surface area (Å²) in [5.74, 6) is -0.425. The number of aliphatic imine (C=N–C) groups is 1. The van der Waals surface area contributed by atoms with Gasteiger partial charge in [0.1, 0.15) is 5.76 Å². The van der Waals surface area contributed by atoms with E-state index >= 15 is 0 Å². The van der Waals surface area contributed by atoms with Crippen molar-refractivity contribution < 1.29 is 14.7 Å². The summed E-state index contributed by atoms with van der Waals surface area (Å²) in [5, 5.41) is 9.76. The van der Waals surface area contributed by atoms with Crippen molar-refractivity contribution in [3.8, 4) is 0 Å². The Kier molecular flexibility index (Phi) is 4.01. The van der Waals surface area contributed by atoms with E-state index in [1.807, 2.05) is 0 Å². The topological polar surface area (TPSA) is 92.8 Å². The molecule has 1 aliphatic rings. The van der Waals surface area contributed by atoms with E-state index < -0.39 is 5.91 Å². The van der Waals surface area contributed by atoms with Gasteiger partial charge in [0.25, 0.3) is 5.91 Å². The molecule has 0 saturated heterocycles. The Hall–Kier alpha value is -2.08. The highest BCUT2D eigenvalue weighted by atomic mass is 32.2. The highest BCUT2D eigenvalue weighted by molar-refractivity contribution is 8.14. The second kappa shape index (κ2) is 5.71. The first-order valence-corrected chi connectivity index (χ1v) is 6.56. The molecule has 1 heterocycles. The van der Waals surface area contributed by atoms with E-state index in [9.17, 15) is 14.7 Å². The van der Waals surface area contributed by atoms with E-state index in [4.69, 9.17) is 5.73 Å². The Morgan fingerprint density at radius 2 is 2.05 bits per heavy atom. The maximum atomic E-state index is 11.9. The van der Waals surface area contributed by atoms with Gasteiger partial charge in [-0.1, -0.05) is 0 Å². The molecule has 0 unspecified atom stereocenters. The summed E-state index contributed by atoms with van der Waals surface area (Å²) in [5.41, 5.74) is 6.70. The van der Waals surface area contributed by atoms with E-state index in [1.54, 1.807) is 24.3 Å². The molecule has 1 aromatic carbocycles. The summed E-state index contributed by atoms with van der Waals surface area (Å²) in [6.07, 6.45) is 1.28. The molecule has 0 aliphatic carbocycles. The van der Waals surface area contributed by atoms with Crippen LogP contribution in [0.1, 0.15) is 16.8 Å². The van der Waals surface area contributed by atoms with Crippen LogP contribution in [0.5, 0.6) is 0 Å². The lowest BCUT2D eigenvalue weighted by atomic mass is 10.1. The number of benzene rings is 1. The molecule has 0 spiro atoms.